The van der Waals surface area contributed by atoms with Crippen molar-refractivity contribution in [3.8, 4) is 5.75 Å². The zero-order valence-electron chi connectivity index (χ0n) is 13.3. The van der Waals surface area contributed by atoms with Gasteiger partial charge in [-0.2, -0.15) is 0 Å². The zero-order chi connectivity index (χ0) is 17.8. The van der Waals surface area contributed by atoms with Crippen LogP contribution in [0.3, 0.4) is 0 Å². The monoisotopic (exact) mass is 353 g/mol. The molecule has 0 radical (unpaired) electrons. The second kappa shape index (κ2) is 7.23. The highest BCUT2D eigenvalue weighted by molar-refractivity contribution is 8.18. The van der Waals surface area contributed by atoms with Gasteiger partial charge in [0, 0.05) is 12.6 Å². The minimum Gasteiger partial charge on any atom is -0.508 e. The summed E-state index contributed by atoms with van der Waals surface area (Å²) in [6.45, 7) is 1.45. The van der Waals surface area contributed by atoms with Crippen molar-refractivity contribution < 1.29 is 14.7 Å². The molecule has 1 heterocycles. The summed E-state index contributed by atoms with van der Waals surface area (Å²) in [5, 5.41) is 15.2. The molecule has 0 spiro atoms. The number of amidine groups is 1. The van der Waals surface area contributed by atoms with E-state index in [9.17, 15) is 14.7 Å². The van der Waals surface area contributed by atoms with E-state index in [1.807, 2.05) is 0 Å². The molecule has 25 heavy (non-hydrogen) atoms. The van der Waals surface area contributed by atoms with Crippen molar-refractivity contribution in [3.63, 3.8) is 0 Å². The van der Waals surface area contributed by atoms with Gasteiger partial charge in [-0.25, -0.2) is 4.99 Å². The summed E-state index contributed by atoms with van der Waals surface area (Å²) in [6.07, 6.45) is 1.74. The molecule has 126 valence electrons. The second-order valence-electron chi connectivity index (χ2n) is 5.30. The summed E-state index contributed by atoms with van der Waals surface area (Å²) in [7, 11) is 0. The van der Waals surface area contributed by atoms with Crippen molar-refractivity contribution >= 4 is 46.2 Å². The fourth-order valence-corrected chi connectivity index (χ4v) is 2.98. The Morgan fingerprint density at radius 1 is 1.16 bits per heavy atom. The van der Waals surface area contributed by atoms with Crippen molar-refractivity contribution in [1.82, 2.24) is 5.32 Å². The number of benzene rings is 2. The molecule has 3 N–H and O–H groups in total. The molecule has 2 amide bonds. The lowest BCUT2D eigenvalue weighted by Crippen LogP contribution is -2.19. The van der Waals surface area contributed by atoms with Crippen molar-refractivity contribution in [2.45, 2.75) is 6.92 Å². The zero-order valence-corrected chi connectivity index (χ0v) is 14.1. The third kappa shape index (κ3) is 4.48. The highest BCUT2D eigenvalue weighted by Gasteiger charge is 2.23. The highest BCUT2D eigenvalue weighted by atomic mass is 32.2. The number of phenols is 1. The van der Waals surface area contributed by atoms with Crippen LogP contribution in [-0.4, -0.2) is 22.1 Å². The van der Waals surface area contributed by atoms with Crippen LogP contribution >= 0.6 is 11.8 Å². The number of rotatable bonds is 3. The maximum atomic E-state index is 12.0. The summed E-state index contributed by atoms with van der Waals surface area (Å²) >= 11 is 1.25. The van der Waals surface area contributed by atoms with Gasteiger partial charge >= 0.3 is 0 Å². The van der Waals surface area contributed by atoms with Crippen LogP contribution in [0.2, 0.25) is 0 Å². The lowest BCUT2D eigenvalue weighted by molar-refractivity contribution is -0.115. The molecule has 1 aliphatic heterocycles. The molecule has 1 aliphatic rings. The van der Waals surface area contributed by atoms with Gasteiger partial charge in [0.05, 0.1) is 10.6 Å². The third-order valence-corrected chi connectivity index (χ3v) is 4.17. The second-order valence-corrected chi connectivity index (χ2v) is 6.33. The maximum absolute atomic E-state index is 12.0. The first kappa shape index (κ1) is 16.8. The number of aromatic hydroxyl groups is 1. The van der Waals surface area contributed by atoms with Gasteiger partial charge in [-0.05, 0) is 59.8 Å². The average Bonchev–Trinajstić information content (AvgIpc) is 2.90. The van der Waals surface area contributed by atoms with E-state index < -0.39 is 0 Å². The third-order valence-electron chi connectivity index (χ3n) is 3.26. The van der Waals surface area contributed by atoms with Crippen LogP contribution in [0.5, 0.6) is 5.75 Å². The van der Waals surface area contributed by atoms with E-state index in [1.165, 1.54) is 18.7 Å². The summed E-state index contributed by atoms with van der Waals surface area (Å²) < 4.78 is 0. The van der Waals surface area contributed by atoms with Crippen LogP contribution in [0.4, 0.5) is 11.4 Å². The van der Waals surface area contributed by atoms with Gasteiger partial charge in [0.1, 0.15) is 5.75 Å². The van der Waals surface area contributed by atoms with Crippen molar-refractivity contribution in [2.24, 2.45) is 4.99 Å². The average molecular weight is 353 g/mol. The number of nitrogens with zero attached hydrogens (tertiary/aromatic N) is 1. The first-order valence-electron chi connectivity index (χ1n) is 7.46. The topological polar surface area (TPSA) is 90.8 Å². The summed E-state index contributed by atoms with van der Waals surface area (Å²) in [6, 6.07) is 13.6. The van der Waals surface area contributed by atoms with E-state index in [-0.39, 0.29) is 17.6 Å². The molecular formula is C18H15N3O3S. The van der Waals surface area contributed by atoms with Crippen LogP contribution in [0.15, 0.2) is 58.4 Å². The first-order chi connectivity index (χ1) is 12.0. The molecule has 0 aromatic heterocycles. The summed E-state index contributed by atoms with van der Waals surface area (Å²) in [4.78, 5) is 28.0. The maximum Gasteiger partial charge on any atom is 0.264 e. The molecule has 0 saturated carbocycles. The highest BCUT2D eigenvalue weighted by Crippen LogP contribution is 2.28. The Morgan fingerprint density at radius 3 is 2.48 bits per heavy atom. The Morgan fingerprint density at radius 2 is 1.84 bits per heavy atom. The molecule has 2 aromatic rings. The van der Waals surface area contributed by atoms with Crippen molar-refractivity contribution in [3.05, 3.63) is 59.0 Å². The van der Waals surface area contributed by atoms with Crippen LogP contribution < -0.4 is 10.6 Å². The summed E-state index contributed by atoms with van der Waals surface area (Å²) in [5.74, 6) is -0.177. The van der Waals surface area contributed by atoms with E-state index in [1.54, 1.807) is 54.6 Å². The Kier molecular flexibility index (Phi) is 4.85. The summed E-state index contributed by atoms with van der Waals surface area (Å²) in [5.41, 5.74) is 2.17. The van der Waals surface area contributed by atoms with E-state index in [4.69, 9.17) is 0 Å². The number of amides is 2. The molecule has 3 rings (SSSR count). The quantitative estimate of drug-likeness (QED) is 0.739. The number of hydrogen-bond donors (Lipinski definition) is 3. The number of aliphatic imine (C=N–C) groups is 1. The minimum atomic E-state index is -0.216. The predicted octanol–water partition coefficient (Wildman–Crippen LogP) is 3.24. The van der Waals surface area contributed by atoms with Crippen LogP contribution in [0.25, 0.3) is 6.08 Å². The Balaban J connectivity index is 1.74. The number of thioether (sulfide) groups is 1. The van der Waals surface area contributed by atoms with Gasteiger partial charge in [0.2, 0.25) is 5.91 Å². The van der Waals surface area contributed by atoms with Gasteiger partial charge < -0.3 is 15.7 Å². The number of hydrogen-bond acceptors (Lipinski definition) is 5. The Hall–Kier alpha value is -3.06. The molecule has 0 atom stereocenters. The Labute approximate surface area is 148 Å². The Bertz CT molecular complexity index is 871. The van der Waals surface area contributed by atoms with E-state index in [2.05, 4.69) is 15.6 Å². The van der Waals surface area contributed by atoms with Gasteiger partial charge in [-0.15, -0.1) is 0 Å². The fourth-order valence-electron chi connectivity index (χ4n) is 2.14. The van der Waals surface area contributed by atoms with E-state index >= 15 is 0 Å². The minimum absolute atomic E-state index is 0.137. The molecular weight excluding hydrogens is 338 g/mol. The van der Waals surface area contributed by atoms with E-state index in [0.29, 0.717) is 21.4 Å². The molecule has 2 aromatic carbocycles. The molecule has 7 heteroatoms. The van der Waals surface area contributed by atoms with Gasteiger partial charge in [0.15, 0.2) is 5.17 Å². The lowest BCUT2D eigenvalue weighted by Gasteiger charge is -2.02. The standard InChI is InChI=1S/C18H15N3O3S/c1-11(22)19-13-4-6-14(7-5-13)20-18-21-17(24)16(25-18)10-12-2-8-15(23)9-3-12/h2-10,23H,1H3,(H,19,22)(H,20,21,24)/b16-10-. The fraction of sp³-hybridized carbons (Fsp3) is 0.0556. The molecule has 1 fully saturated rings. The van der Waals surface area contributed by atoms with E-state index in [0.717, 1.165) is 5.56 Å². The first-order valence-corrected chi connectivity index (χ1v) is 8.27. The number of nitrogens with one attached hydrogen (secondary N) is 2. The van der Waals surface area contributed by atoms with Crippen molar-refractivity contribution in [1.29, 1.82) is 0 Å². The predicted molar refractivity (Wildman–Crippen MR) is 99.7 cm³/mol. The molecule has 0 aliphatic carbocycles. The van der Waals surface area contributed by atoms with Crippen LogP contribution in [-0.2, 0) is 9.59 Å². The molecule has 0 bridgehead atoms. The largest absolute Gasteiger partial charge is 0.508 e. The number of carbonyl (C=O) groups is 2. The van der Waals surface area contributed by atoms with Crippen LogP contribution in [0.1, 0.15) is 12.5 Å². The molecule has 6 nitrogen and oxygen atoms in total. The van der Waals surface area contributed by atoms with Gasteiger partial charge in [-0.3, -0.25) is 9.59 Å². The molecule has 1 saturated heterocycles. The number of phenolic OH excluding ortho intramolecular Hbond substituents is 1. The SMILES string of the molecule is CC(=O)Nc1ccc(N=C2NC(=O)/C(=C/c3ccc(O)cc3)S2)cc1. The number of carbonyl (C=O) groups excluding carboxylic acids is 2. The smallest absolute Gasteiger partial charge is 0.264 e. The van der Waals surface area contributed by atoms with Gasteiger partial charge in [0.25, 0.3) is 5.91 Å². The van der Waals surface area contributed by atoms with Gasteiger partial charge in [-0.1, -0.05) is 12.1 Å². The van der Waals surface area contributed by atoms with Crippen LogP contribution in [0, 0.1) is 0 Å². The lowest BCUT2D eigenvalue weighted by atomic mass is 10.2. The normalized spacial score (nSPS) is 16.9. The molecule has 0 unspecified atom stereocenters. The number of anilines is 1. The van der Waals surface area contributed by atoms with Crippen molar-refractivity contribution in [2.75, 3.05) is 5.32 Å².